The van der Waals surface area contributed by atoms with Crippen LogP contribution in [0.4, 0.5) is 28.4 Å². The Morgan fingerprint density at radius 2 is 1.33 bits per heavy atom. The summed E-state index contributed by atoms with van der Waals surface area (Å²) in [7, 11) is 0. The summed E-state index contributed by atoms with van der Waals surface area (Å²) >= 11 is 0. The number of nitrogens with zero attached hydrogens (tertiary/aromatic N) is 3. The lowest BCUT2D eigenvalue weighted by Crippen LogP contribution is -2.15. The van der Waals surface area contributed by atoms with Crippen molar-refractivity contribution in [2.75, 3.05) is 4.90 Å². The molecule has 3 aromatic carbocycles. The highest BCUT2D eigenvalue weighted by Gasteiger charge is 2.25. The number of anilines is 3. The molecule has 1 aliphatic heterocycles. The van der Waals surface area contributed by atoms with Gasteiger partial charge in [-0.25, -0.2) is 0 Å². The highest BCUT2D eigenvalue weighted by Crippen LogP contribution is 2.49. The minimum atomic E-state index is 0.928. The molecule has 0 bridgehead atoms. The number of hydrogen-bond acceptors (Lipinski definition) is 3. The number of rotatable bonds is 1. The molecule has 0 atom stereocenters. The van der Waals surface area contributed by atoms with Crippen molar-refractivity contribution in [1.82, 2.24) is 0 Å². The van der Waals surface area contributed by atoms with E-state index < -0.39 is 0 Å². The van der Waals surface area contributed by atoms with E-state index in [1.165, 1.54) is 47.2 Å². The number of aryl methyl sites for hydroxylation is 3. The second-order valence-corrected chi connectivity index (χ2v) is 7.64. The zero-order valence-electron chi connectivity index (χ0n) is 15.9. The van der Waals surface area contributed by atoms with Crippen molar-refractivity contribution in [3.63, 3.8) is 0 Å². The summed E-state index contributed by atoms with van der Waals surface area (Å²) in [6.45, 7) is 4.21. The summed E-state index contributed by atoms with van der Waals surface area (Å²) in [5.41, 5.74) is 10.7. The molecule has 1 aliphatic carbocycles. The molecule has 0 unspecified atom stereocenters. The van der Waals surface area contributed by atoms with Crippen LogP contribution in [0.15, 0.2) is 64.8 Å². The minimum absolute atomic E-state index is 0.928. The van der Waals surface area contributed by atoms with Crippen LogP contribution in [0.5, 0.6) is 0 Å². The fourth-order valence-corrected chi connectivity index (χ4v) is 4.27. The van der Waals surface area contributed by atoms with Crippen LogP contribution in [-0.2, 0) is 12.8 Å². The first-order valence-electron chi connectivity index (χ1n) is 9.75. The SMILES string of the molecule is Cc1ccc2c(c1)N=Nc1cc(C)ccc1N2c1cccc2c1CCCC2. The molecule has 0 amide bonds. The van der Waals surface area contributed by atoms with Gasteiger partial charge >= 0.3 is 0 Å². The third kappa shape index (κ3) is 2.74. The lowest BCUT2D eigenvalue weighted by atomic mass is 9.89. The Labute approximate surface area is 160 Å². The van der Waals surface area contributed by atoms with Gasteiger partial charge < -0.3 is 4.90 Å². The van der Waals surface area contributed by atoms with Gasteiger partial charge in [0.25, 0.3) is 0 Å². The molecule has 0 spiro atoms. The van der Waals surface area contributed by atoms with E-state index in [4.69, 9.17) is 0 Å². The summed E-state index contributed by atoms with van der Waals surface area (Å²) in [5.74, 6) is 0. The summed E-state index contributed by atoms with van der Waals surface area (Å²) in [6.07, 6.45) is 4.85. The van der Waals surface area contributed by atoms with Crippen LogP contribution in [0.1, 0.15) is 35.1 Å². The van der Waals surface area contributed by atoms with Gasteiger partial charge in [-0.05, 0) is 92.1 Å². The van der Waals surface area contributed by atoms with Crippen LogP contribution in [0.3, 0.4) is 0 Å². The maximum Gasteiger partial charge on any atom is 0.110 e. The van der Waals surface area contributed by atoms with Crippen molar-refractivity contribution < 1.29 is 0 Å². The first-order valence-corrected chi connectivity index (χ1v) is 9.75. The Kier molecular flexibility index (Phi) is 3.82. The molecule has 1 heterocycles. The quantitative estimate of drug-likeness (QED) is 0.351. The maximum absolute atomic E-state index is 4.60. The van der Waals surface area contributed by atoms with E-state index in [2.05, 4.69) is 83.6 Å². The molecule has 3 heteroatoms. The van der Waals surface area contributed by atoms with E-state index in [9.17, 15) is 0 Å². The molecule has 5 rings (SSSR count). The first kappa shape index (κ1) is 16.2. The fourth-order valence-electron chi connectivity index (χ4n) is 4.27. The van der Waals surface area contributed by atoms with Gasteiger partial charge in [0, 0.05) is 5.69 Å². The van der Waals surface area contributed by atoms with E-state index in [0.29, 0.717) is 0 Å². The standard InChI is InChI=1S/C24H23N3/c1-16-10-12-23-20(14-16)25-26-21-15-17(2)11-13-24(21)27(23)22-9-5-7-18-6-3-4-8-19(18)22/h5,7,9-15H,3-4,6,8H2,1-2H3. The largest absolute Gasteiger partial charge is 0.306 e. The van der Waals surface area contributed by atoms with Gasteiger partial charge in [0.1, 0.15) is 11.4 Å². The topological polar surface area (TPSA) is 28.0 Å². The van der Waals surface area contributed by atoms with Crippen LogP contribution in [0.2, 0.25) is 0 Å². The predicted molar refractivity (Wildman–Crippen MR) is 111 cm³/mol. The van der Waals surface area contributed by atoms with Crippen LogP contribution in [0.25, 0.3) is 0 Å². The molecule has 0 saturated carbocycles. The number of benzene rings is 3. The van der Waals surface area contributed by atoms with Crippen LogP contribution in [-0.4, -0.2) is 0 Å². The second kappa shape index (κ2) is 6.34. The Morgan fingerprint density at radius 1 is 0.704 bits per heavy atom. The number of azo groups is 1. The Hall–Kier alpha value is -2.94. The molecule has 0 aromatic heterocycles. The summed E-state index contributed by atoms with van der Waals surface area (Å²) in [6, 6.07) is 19.7. The van der Waals surface area contributed by atoms with Gasteiger partial charge in [-0.3, -0.25) is 0 Å². The third-order valence-corrected chi connectivity index (χ3v) is 5.62. The number of fused-ring (bicyclic) bond motifs is 3. The Morgan fingerprint density at radius 3 is 2.00 bits per heavy atom. The van der Waals surface area contributed by atoms with Crippen LogP contribution in [0, 0.1) is 13.8 Å². The maximum atomic E-state index is 4.60. The smallest absolute Gasteiger partial charge is 0.110 e. The van der Waals surface area contributed by atoms with Crippen molar-refractivity contribution in [3.8, 4) is 0 Å². The average Bonchev–Trinajstić information content (AvgIpc) is 2.84. The molecular formula is C24H23N3. The molecule has 3 aromatic rings. The first-order chi connectivity index (χ1) is 13.2. The molecule has 27 heavy (non-hydrogen) atoms. The highest BCUT2D eigenvalue weighted by atomic mass is 15.2. The van der Waals surface area contributed by atoms with E-state index >= 15 is 0 Å². The van der Waals surface area contributed by atoms with Crippen molar-refractivity contribution in [1.29, 1.82) is 0 Å². The Balaban J connectivity index is 1.80. The molecule has 2 aliphatic rings. The van der Waals surface area contributed by atoms with Gasteiger partial charge in [-0.2, -0.15) is 0 Å². The predicted octanol–water partition coefficient (Wildman–Crippen LogP) is 7.38. The zero-order chi connectivity index (χ0) is 18.4. The van der Waals surface area contributed by atoms with Gasteiger partial charge in [0.05, 0.1) is 11.4 Å². The van der Waals surface area contributed by atoms with E-state index in [1.54, 1.807) is 0 Å². The van der Waals surface area contributed by atoms with Gasteiger partial charge in [0.2, 0.25) is 0 Å². The Bertz CT molecular complexity index is 1010. The molecule has 0 fully saturated rings. The third-order valence-electron chi connectivity index (χ3n) is 5.62. The minimum Gasteiger partial charge on any atom is -0.306 e. The van der Waals surface area contributed by atoms with E-state index in [0.717, 1.165) is 29.2 Å². The fraction of sp³-hybridized carbons (Fsp3) is 0.250. The number of hydrogen-bond donors (Lipinski definition) is 0. The summed E-state index contributed by atoms with van der Waals surface area (Å²) < 4.78 is 0. The lowest BCUT2D eigenvalue weighted by Gasteiger charge is -2.30. The van der Waals surface area contributed by atoms with Crippen LogP contribution >= 0.6 is 0 Å². The van der Waals surface area contributed by atoms with Crippen LogP contribution < -0.4 is 4.90 Å². The molecule has 0 N–H and O–H groups in total. The summed E-state index contributed by atoms with van der Waals surface area (Å²) in [4.78, 5) is 2.37. The normalized spacial score (nSPS) is 15.0. The van der Waals surface area contributed by atoms with Gasteiger partial charge in [-0.15, -0.1) is 10.2 Å². The molecule has 0 radical (unpaired) electrons. The lowest BCUT2D eigenvalue weighted by molar-refractivity contribution is 0.686. The van der Waals surface area contributed by atoms with Crippen molar-refractivity contribution in [2.45, 2.75) is 39.5 Å². The molecular weight excluding hydrogens is 330 g/mol. The monoisotopic (exact) mass is 353 g/mol. The van der Waals surface area contributed by atoms with E-state index in [1.807, 2.05) is 0 Å². The molecule has 134 valence electrons. The van der Waals surface area contributed by atoms with E-state index in [-0.39, 0.29) is 0 Å². The van der Waals surface area contributed by atoms with Crippen molar-refractivity contribution in [3.05, 3.63) is 76.9 Å². The molecule has 3 nitrogen and oxygen atoms in total. The van der Waals surface area contributed by atoms with Crippen molar-refractivity contribution >= 4 is 28.4 Å². The van der Waals surface area contributed by atoms with Crippen molar-refractivity contribution in [2.24, 2.45) is 10.2 Å². The van der Waals surface area contributed by atoms with Gasteiger partial charge in [0.15, 0.2) is 0 Å². The second-order valence-electron chi connectivity index (χ2n) is 7.64. The highest BCUT2D eigenvalue weighted by molar-refractivity contribution is 5.90. The van der Waals surface area contributed by atoms with Gasteiger partial charge in [-0.1, -0.05) is 24.3 Å². The summed E-state index contributed by atoms with van der Waals surface area (Å²) in [5, 5.41) is 9.20. The average molecular weight is 353 g/mol. The molecule has 0 saturated heterocycles. The zero-order valence-corrected chi connectivity index (χ0v) is 15.9.